The number of rotatable bonds is 3. The minimum atomic E-state index is -0.224. The van der Waals surface area contributed by atoms with Crippen LogP contribution in [0.4, 0.5) is 0 Å². The van der Waals surface area contributed by atoms with Gasteiger partial charge in [-0.1, -0.05) is 12.1 Å². The number of methoxy groups -OCH3 is 1. The lowest BCUT2D eigenvalue weighted by Gasteiger charge is -2.34. The molecule has 0 saturated carbocycles. The van der Waals surface area contributed by atoms with Crippen LogP contribution in [0.2, 0.25) is 0 Å². The number of para-hydroxylation sites is 1. The van der Waals surface area contributed by atoms with Crippen molar-refractivity contribution in [2.24, 2.45) is 5.73 Å². The highest BCUT2D eigenvalue weighted by Gasteiger charge is 2.39. The van der Waals surface area contributed by atoms with Crippen LogP contribution in [-0.4, -0.2) is 36.5 Å². The van der Waals surface area contributed by atoms with Crippen molar-refractivity contribution < 1.29 is 9.53 Å². The fourth-order valence-electron chi connectivity index (χ4n) is 2.55. The number of ether oxygens (including phenoxy) is 1. The monoisotopic (exact) mass is 248 g/mol. The Kier molecular flexibility index (Phi) is 3.57. The normalized spacial score (nSPS) is 23.2. The molecule has 2 rings (SSSR count). The zero-order valence-corrected chi connectivity index (χ0v) is 11.0. The van der Waals surface area contributed by atoms with Crippen molar-refractivity contribution in [3.63, 3.8) is 0 Å². The van der Waals surface area contributed by atoms with Gasteiger partial charge in [-0.05, 0) is 31.9 Å². The minimum absolute atomic E-state index is 0.0119. The molecule has 1 saturated heterocycles. The molecule has 0 aromatic heterocycles. The average molecular weight is 248 g/mol. The van der Waals surface area contributed by atoms with E-state index in [4.69, 9.17) is 10.5 Å². The van der Waals surface area contributed by atoms with Crippen LogP contribution in [-0.2, 0) is 0 Å². The molecular weight excluding hydrogens is 228 g/mol. The third-order valence-corrected chi connectivity index (χ3v) is 3.77. The lowest BCUT2D eigenvalue weighted by atomic mass is 9.98. The van der Waals surface area contributed by atoms with E-state index in [0.29, 0.717) is 17.9 Å². The maximum atomic E-state index is 12.6. The van der Waals surface area contributed by atoms with Crippen LogP contribution in [0.3, 0.4) is 0 Å². The minimum Gasteiger partial charge on any atom is -0.496 e. The molecule has 98 valence electrons. The first-order valence-electron chi connectivity index (χ1n) is 6.27. The van der Waals surface area contributed by atoms with E-state index in [9.17, 15) is 4.79 Å². The molecule has 1 aliphatic heterocycles. The van der Waals surface area contributed by atoms with Crippen LogP contribution in [0.25, 0.3) is 0 Å². The van der Waals surface area contributed by atoms with Gasteiger partial charge in [0.2, 0.25) is 0 Å². The van der Waals surface area contributed by atoms with Crippen molar-refractivity contribution in [3.8, 4) is 5.75 Å². The highest BCUT2D eigenvalue weighted by Crippen LogP contribution is 2.31. The van der Waals surface area contributed by atoms with E-state index in [1.54, 1.807) is 13.2 Å². The maximum Gasteiger partial charge on any atom is 0.258 e. The van der Waals surface area contributed by atoms with Gasteiger partial charge in [-0.2, -0.15) is 0 Å². The van der Waals surface area contributed by atoms with Gasteiger partial charge in [0.1, 0.15) is 5.75 Å². The topological polar surface area (TPSA) is 55.6 Å². The van der Waals surface area contributed by atoms with Crippen molar-refractivity contribution in [2.75, 3.05) is 20.2 Å². The molecule has 1 aliphatic rings. The van der Waals surface area contributed by atoms with Gasteiger partial charge < -0.3 is 15.4 Å². The van der Waals surface area contributed by atoms with Gasteiger partial charge in [-0.3, -0.25) is 4.79 Å². The Hall–Kier alpha value is -1.55. The van der Waals surface area contributed by atoms with Crippen molar-refractivity contribution in [3.05, 3.63) is 29.8 Å². The van der Waals surface area contributed by atoms with E-state index in [2.05, 4.69) is 0 Å². The molecule has 1 amide bonds. The van der Waals surface area contributed by atoms with Crippen molar-refractivity contribution in [1.29, 1.82) is 0 Å². The van der Waals surface area contributed by atoms with E-state index in [0.717, 1.165) is 19.4 Å². The molecule has 1 heterocycles. The van der Waals surface area contributed by atoms with Crippen LogP contribution in [0, 0.1) is 0 Å². The summed E-state index contributed by atoms with van der Waals surface area (Å²) >= 11 is 0. The third-order valence-electron chi connectivity index (χ3n) is 3.77. The summed E-state index contributed by atoms with van der Waals surface area (Å²) in [5.74, 6) is 0.631. The summed E-state index contributed by atoms with van der Waals surface area (Å²) in [7, 11) is 1.58. The number of amides is 1. The molecular formula is C14H20N2O2. The van der Waals surface area contributed by atoms with E-state index < -0.39 is 0 Å². The van der Waals surface area contributed by atoms with Gasteiger partial charge in [0.25, 0.3) is 5.91 Å². The summed E-state index contributed by atoms with van der Waals surface area (Å²) in [5.41, 5.74) is 6.21. The Bertz CT molecular complexity index is 447. The predicted octanol–water partition coefficient (Wildman–Crippen LogP) is 1.65. The molecule has 2 N–H and O–H groups in total. The van der Waals surface area contributed by atoms with Gasteiger partial charge in [0, 0.05) is 13.1 Å². The second-order valence-corrected chi connectivity index (χ2v) is 4.96. The highest BCUT2D eigenvalue weighted by molar-refractivity contribution is 5.97. The fraction of sp³-hybridized carbons (Fsp3) is 0.500. The number of likely N-dealkylation sites (tertiary alicyclic amines) is 1. The van der Waals surface area contributed by atoms with Crippen molar-refractivity contribution >= 4 is 5.91 Å². The summed E-state index contributed by atoms with van der Waals surface area (Å²) in [5, 5.41) is 0. The first-order valence-corrected chi connectivity index (χ1v) is 6.27. The summed E-state index contributed by atoms with van der Waals surface area (Å²) in [6.07, 6.45) is 1.97. The molecule has 18 heavy (non-hydrogen) atoms. The Labute approximate surface area is 108 Å². The Morgan fingerprint density at radius 1 is 1.50 bits per heavy atom. The average Bonchev–Trinajstić information content (AvgIpc) is 2.80. The van der Waals surface area contributed by atoms with Crippen LogP contribution >= 0.6 is 0 Å². The van der Waals surface area contributed by atoms with Gasteiger partial charge >= 0.3 is 0 Å². The van der Waals surface area contributed by atoms with Gasteiger partial charge in [0.05, 0.1) is 18.2 Å². The third kappa shape index (κ3) is 2.08. The number of nitrogens with two attached hydrogens (primary N) is 1. The molecule has 4 heteroatoms. The van der Waals surface area contributed by atoms with Gasteiger partial charge in [-0.15, -0.1) is 0 Å². The molecule has 1 atom stereocenters. The first-order chi connectivity index (χ1) is 8.62. The lowest BCUT2D eigenvalue weighted by Crippen LogP contribution is -2.50. The number of carbonyl (C=O) groups excluding carboxylic acids is 1. The molecule has 0 radical (unpaired) electrons. The molecule has 0 spiro atoms. The zero-order chi connectivity index (χ0) is 13.2. The molecule has 1 fully saturated rings. The van der Waals surface area contributed by atoms with E-state index >= 15 is 0 Å². The lowest BCUT2D eigenvalue weighted by molar-refractivity contribution is 0.0633. The molecule has 1 aromatic carbocycles. The molecule has 1 unspecified atom stereocenters. The molecule has 0 aliphatic carbocycles. The highest BCUT2D eigenvalue weighted by atomic mass is 16.5. The molecule has 4 nitrogen and oxygen atoms in total. The van der Waals surface area contributed by atoms with Crippen LogP contribution < -0.4 is 10.5 Å². The Balaban J connectivity index is 2.31. The first kappa shape index (κ1) is 12.9. The van der Waals surface area contributed by atoms with Crippen LogP contribution in [0.1, 0.15) is 30.1 Å². The number of nitrogens with zero attached hydrogens (tertiary/aromatic N) is 1. The summed E-state index contributed by atoms with van der Waals surface area (Å²) < 4.78 is 5.25. The predicted molar refractivity (Wildman–Crippen MR) is 70.7 cm³/mol. The maximum absolute atomic E-state index is 12.6. The fourth-order valence-corrected chi connectivity index (χ4v) is 2.55. The summed E-state index contributed by atoms with van der Waals surface area (Å²) in [6, 6.07) is 7.33. The second-order valence-electron chi connectivity index (χ2n) is 4.96. The Morgan fingerprint density at radius 2 is 2.22 bits per heavy atom. The molecule has 1 aromatic rings. The number of benzene rings is 1. The summed E-state index contributed by atoms with van der Waals surface area (Å²) in [6.45, 7) is 3.31. The van der Waals surface area contributed by atoms with E-state index in [-0.39, 0.29) is 11.4 Å². The quantitative estimate of drug-likeness (QED) is 0.885. The van der Waals surface area contributed by atoms with Crippen molar-refractivity contribution in [1.82, 2.24) is 4.90 Å². The summed E-state index contributed by atoms with van der Waals surface area (Å²) in [4.78, 5) is 14.5. The standard InChI is InChI=1S/C14H20N2O2/c1-14(10-15)8-5-9-16(14)13(17)11-6-3-4-7-12(11)18-2/h3-4,6-7H,5,8-10,15H2,1-2H3. The number of carbonyl (C=O) groups is 1. The number of hydrogen-bond donors (Lipinski definition) is 1. The van der Waals surface area contributed by atoms with E-state index in [1.807, 2.05) is 30.0 Å². The van der Waals surface area contributed by atoms with Crippen molar-refractivity contribution in [2.45, 2.75) is 25.3 Å². The van der Waals surface area contributed by atoms with Crippen LogP contribution in [0.15, 0.2) is 24.3 Å². The SMILES string of the molecule is COc1ccccc1C(=O)N1CCCC1(C)CN. The second kappa shape index (κ2) is 4.98. The zero-order valence-electron chi connectivity index (χ0n) is 11.0. The number of hydrogen-bond acceptors (Lipinski definition) is 3. The largest absolute Gasteiger partial charge is 0.496 e. The van der Waals surface area contributed by atoms with Crippen LogP contribution in [0.5, 0.6) is 5.75 Å². The van der Waals surface area contributed by atoms with Gasteiger partial charge in [-0.25, -0.2) is 0 Å². The van der Waals surface area contributed by atoms with E-state index in [1.165, 1.54) is 0 Å². The Morgan fingerprint density at radius 3 is 2.89 bits per heavy atom. The molecule has 0 bridgehead atoms. The van der Waals surface area contributed by atoms with Gasteiger partial charge in [0.15, 0.2) is 0 Å². The smallest absolute Gasteiger partial charge is 0.258 e.